The van der Waals surface area contributed by atoms with Gasteiger partial charge < -0.3 is 20.3 Å². The summed E-state index contributed by atoms with van der Waals surface area (Å²) in [6, 6.07) is 9.88. The van der Waals surface area contributed by atoms with Crippen LogP contribution in [0.3, 0.4) is 0 Å². The van der Waals surface area contributed by atoms with Crippen molar-refractivity contribution < 1.29 is 4.74 Å². The lowest BCUT2D eigenvalue weighted by atomic mass is 10.3. The Morgan fingerprint density at radius 1 is 1.04 bits per heavy atom. The molecule has 0 spiro atoms. The molecule has 0 saturated carbocycles. The second kappa shape index (κ2) is 16.4. The van der Waals surface area contributed by atoms with E-state index in [1.54, 1.807) is 0 Å². The van der Waals surface area contributed by atoms with Crippen molar-refractivity contribution in [2.24, 2.45) is 4.99 Å². The molecular weight excluding hydrogens is 427 g/mol. The summed E-state index contributed by atoms with van der Waals surface area (Å²) < 4.78 is 5.68. The number of nitrogens with zero attached hydrogens (tertiary/aromatic N) is 2. The van der Waals surface area contributed by atoms with Crippen LogP contribution >= 0.6 is 24.0 Å². The number of benzene rings is 1. The van der Waals surface area contributed by atoms with Crippen LogP contribution in [0.25, 0.3) is 0 Å². The van der Waals surface area contributed by atoms with Crippen molar-refractivity contribution in [2.75, 3.05) is 45.9 Å². The average Bonchev–Trinajstić information content (AvgIpc) is 2.62. The molecule has 6 heteroatoms. The number of rotatable bonds is 12. The number of nitrogens with one attached hydrogen (secondary N) is 2. The normalized spacial score (nSPS) is 11.1. The van der Waals surface area contributed by atoms with Gasteiger partial charge in [-0.05, 0) is 51.5 Å². The van der Waals surface area contributed by atoms with Gasteiger partial charge in [0.05, 0.1) is 6.54 Å². The number of unbranched alkanes of at least 4 members (excludes halogenated alkanes) is 1. The van der Waals surface area contributed by atoms with Gasteiger partial charge in [-0.25, -0.2) is 0 Å². The number of aliphatic imine (C=N–C) groups is 1. The Morgan fingerprint density at radius 3 is 2.40 bits per heavy atom. The topological polar surface area (TPSA) is 48.9 Å². The fourth-order valence-corrected chi connectivity index (χ4v) is 2.37. The summed E-state index contributed by atoms with van der Waals surface area (Å²) >= 11 is 0. The number of para-hydroxylation sites is 1. The van der Waals surface area contributed by atoms with Gasteiger partial charge in [0.25, 0.3) is 0 Å². The maximum atomic E-state index is 5.68. The Balaban J connectivity index is 0.00000576. The molecule has 0 radical (unpaired) electrons. The van der Waals surface area contributed by atoms with Gasteiger partial charge in [-0.3, -0.25) is 4.99 Å². The van der Waals surface area contributed by atoms with E-state index in [1.165, 1.54) is 6.42 Å². The van der Waals surface area contributed by atoms with E-state index in [2.05, 4.69) is 41.3 Å². The predicted molar refractivity (Wildman–Crippen MR) is 118 cm³/mol. The standard InChI is InChI=1S/C19H34N4O.HI/c1-4-20-19(21-14-10-11-16-23(5-2)6-3)22-15-17-24-18-12-8-7-9-13-18;/h7-9,12-13H,4-6,10-11,14-17H2,1-3H3,(H2,20,21,22);1H. The van der Waals surface area contributed by atoms with E-state index in [9.17, 15) is 0 Å². The lowest BCUT2D eigenvalue weighted by molar-refractivity contribution is 0.297. The van der Waals surface area contributed by atoms with Crippen LogP contribution in [0.1, 0.15) is 33.6 Å². The van der Waals surface area contributed by atoms with E-state index in [0.29, 0.717) is 6.61 Å². The Labute approximate surface area is 170 Å². The van der Waals surface area contributed by atoms with E-state index in [1.807, 2.05) is 30.3 Å². The first-order valence-electron chi connectivity index (χ1n) is 9.22. The molecule has 5 nitrogen and oxygen atoms in total. The zero-order valence-electron chi connectivity index (χ0n) is 16.0. The van der Waals surface area contributed by atoms with Crippen molar-refractivity contribution in [1.29, 1.82) is 0 Å². The van der Waals surface area contributed by atoms with E-state index >= 15 is 0 Å². The van der Waals surface area contributed by atoms with Crippen molar-refractivity contribution in [3.05, 3.63) is 30.3 Å². The molecule has 0 bridgehead atoms. The molecule has 1 aromatic rings. The fourth-order valence-electron chi connectivity index (χ4n) is 2.37. The van der Waals surface area contributed by atoms with Crippen LogP contribution in [0, 0.1) is 0 Å². The first kappa shape index (κ1) is 24.0. The molecule has 25 heavy (non-hydrogen) atoms. The molecule has 0 unspecified atom stereocenters. The summed E-state index contributed by atoms with van der Waals surface area (Å²) in [5, 5.41) is 6.59. The highest BCUT2D eigenvalue weighted by Crippen LogP contribution is 2.07. The minimum atomic E-state index is 0. The highest BCUT2D eigenvalue weighted by molar-refractivity contribution is 14.0. The van der Waals surface area contributed by atoms with Gasteiger partial charge in [0.15, 0.2) is 5.96 Å². The van der Waals surface area contributed by atoms with Gasteiger partial charge in [0, 0.05) is 13.1 Å². The van der Waals surface area contributed by atoms with Crippen molar-refractivity contribution in [2.45, 2.75) is 33.6 Å². The lowest BCUT2D eigenvalue weighted by Gasteiger charge is -2.17. The highest BCUT2D eigenvalue weighted by atomic mass is 127. The minimum absolute atomic E-state index is 0. The molecule has 0 aliphatic carbocycles. The summed E-state index contributed by atoms with van der Waals surface area (Å²) in [6.45, 7) is 13.0. The molecule has 0 aliphatic heterocycles. The van der Waals surface area contributed by atoms with Crippen molar-refractivity contribution >= 4 is 29.9 Å². The van der Waals surface area contributed by atoms with Gasteiger partial charge >= 0.3 is 0 Å². The zero-order valence-corrected chi connectivity index (χ0v) is 18.3. The third-order valence-corrected chi connectivity index (χ3v) is 3.80. The quantitative estimate of drug-likeness (QED) is 0.217. The van der Waals surface area contributed by atoms with Gasteiger partial charge in [-0.15, -0.1) is 24.0 Å². The first-order chi connectivity index (χ1) is 11.8. The van der Waals surface area contributed by atoms with Crippen LogP contribution in [-0.2, 0) is 0 Å². The number of hydrogen-bond acceptors (Lipinski definition) is 3. The average molecular weight is 462 g/mol. The minimum Gasteiger partial charge on any atom is -0.492 e. The molecule has 0 saturated heterocycles. The van der Waals surface area contributed by atoms with Crippen LogP contribution in [0.5, 0.6) is 5.75 Å². The summed E-state index contributed by atoms with van der Waals surface area (Å²) in [5.74, 6) is 1.77. The molecule has 0 fully saturated rings. The van der Waals surface area contributed by atoms with Crippen LogP contribution in [0.15, 0.2) is 35.3 Å². The SMILES string of the molecule is CCNC(=NCCCCN(CC)CC)NCCOc1ccccc1.I. The molecule has 0 aliphatic rings. The molecule has 0 atom stereocenters. The van der Waals surface area contributed by atoms with Gasteiger partial charge in [-0.1, -0.05) is 32.0 Å². The Bertz CT molecular complexity index is 438. The van der Waals surface area contributed by atoms with Crippen LogP contribution in [-0.4, -0.2) is 56.7 Å². The number of hydrogen-bond donors (Lipinski definition) is 2. The smallest absolute Gasteiger partial charge is 0.191 e. The monoisotopic (exact) mass is 462 g/mol. The molecule has 0 amide bonds. The first-order valence-corrected chi connectivity index (χ1v) is 9.22. The van der Waals surface area contributed by atoms with E-state index in [0.717, 1.165) is 57.4 Å². The molecule has 1 aromatic carbocycles. The summed E-state index contributed by atoms with van der Waals surface area (Å²) in [7, 11) is 0. The summed E-state index contributed by atoms with van der Waals surface area (Å²) in [4.78, 5) is 7.08. The van der Waals surface area contributed by atoms with E-state index < -0.39 is 0 Å². The maximum absolute atomic E-state index is 5.68. The maximum Gasteiger partial charge on any atom is 0.191 e. The van der Waals surface area contributed by atoms with Crippen LogP contribution in [0.4, 0.5) is 0 Å². The predicted octanol–water partition coefficient (Wildman–Crippen LogP) is 3.36. The van der Waals surface area contributed by atoms with Crippen molar-refractivity contribution in [3.8, 4) is 5.75 Å². The Hall–Kier alpha value is -1.02. The van der Waals surface area contributed by atoms with E-state index in [4.69, 9.17) is 4.74 Å². The molecular formula is C19H35IN4O. The van der Waals surface area contributed by atoms with Crippen LogP contribution in [0.2, 0.25) is 0 Å². The second-order valence-corrected chi connectivity index (χ2v) is 5.58. The van der Waals surface area contributed by atoms with E-state index in [-0.39, 0.29) is 24.0 Å². The van der Waals surface area contributed by atoms with Crippen molar-refractivity contribution in [3.63, 3.8) is 0 Å². The third-order valence-electron chi connectivity index (χ3n) is 3.80. The summed E-state index contributed by atoms with van der Waals surface area (Å²) in [5.41, 5.74) is 0. The largest absolute Gasteiger partial charge is 0.492 e. The highest BCUT2D eigenvalue weighted by Gasteiger charge is 1.99. The lowest BCUT2D eigenvalue weighted by Crippen LogP contribution is -2.39. The number of guanidine groups is 1. The molecule has 1 rings (SSSR count). The fraction of sp³-hybridized carbons (Fsp3) is 0.632. The number of halogens is 1. The van der Waals surface area contributed by atoms with Crippen LogP contribution < -0.4 is 15.4 Å². The molecule has 2 N–H and O–H groups in total. The Morgan fingerprint density at radius 2 is 1.76 bits per heavy atom. The zero-order chi connectivity index (χ0) is 17.5. The third kappa shape index (κ3) is 12.0. The number of ether oxygens (including phenoxy) is 1. The van der Waals surface area contributed by atoms with Gasteiger partial charge in [0.2, 0.25) is 0 Å². The summed E-state index contributed by atoms with van der Waals surface area (Å²) in [6.07, 6.45) is 2.31. The molecule has 144 valence electrons. The molecule has 0 aromatic heterocycles. The second-order valence-electron chi connectivity index (χ2n) is 5.58. The molecule has 0 heterocycles. The Kier molecular flexibility index (Phi) is 15.8. The van der Waals surface area contributed by atoms with Gasteiger partial charge in [0.1, 0.15) is 12.4 Å². The van der Waals surface area contributed by atoms with Gasteiger partial charge in [-0.2, -0.15) is 0 Å². The van der Waals surface area contributed by atoms with Crippen molar-refractivity contribution in [1.82, 2.24) is 15.5 Å².